The van der Waals surface area contributed by atoms with Gasteiger partial charge in [0.15, 0.2) is 0 Å². The highest BCUT2D eigenvalue weighted by Gasteiger charge is 2.25. The van der Waals surface area contributed by atoms with Crippen molar-refractivity contribution in [3.05, 3.63) is 29.6 Å². The first kappa shape index (κ1) is 10.9. The summed E-state index contributed by atoms with van der Waals surface area (Å²) in [6.07, 6.45) is 3.23. The van der Waals surface area contributed by atoms with Crippen LogP contribution in [0.2, 0.25) is 0 Å². The lowest BCUT2D eigenvalue weighted by molar-refractivity contribution is 0.410. The van der Waals surface area contributed by atoms with E-state index in [0.29, 0.717) is 16.5 Å². The van der Waals surface area contributed by atoms with E-state index in [1.165, 1.54) is 6.07 Å². The molecule has 0 amide bonds. The number of halogens is 2. The minimum Gasteiger partial charge on any atom is -0.497 e. The van der Waals surface area contributed by atoms with Crippen LogP contribution in [-0.4, -0.2) is 11.9 Å². The van der Waals surface area contributed by atoms with Crippen LogP contribution in [0.1, 0.15) is 30.7 Å². The molecule has 0 radical (unpaired) electrons. The molecule has 1 aliphatic rings. The predicted molar refractivity (Wildman–Crippen MR) is 62.3 cm³/mol. The van der Waals surface area contributed by atoms with E-state index in [9.17, 15) is 4.39 Å². The molecular weight excluding hydrogens is 259 g/mol. The van der Waals surface area contributed by atoms with E-state index in [0.717, 1.165) is 24.8 Å². The van der Waals surface area contributed by atoms with Crippen LogP contribution in [0.3, 0.4) is 0 Å². The second kappa shape index (κ2) is 4.52. The molecule has 1 aromatic carbocycles. The van der Waals surface area contributed by atoms with E-state index < -0.39 is 0 Å². The predicted octanol–water partition coefficient (Wildman–Crippen LogP) is 3.87. The zero-order valence-electron chi connectivity index (χ0n) is 8.67. The summed E-state index contributed by atoms with van der Waals surface area (Å²) in [4.78, 5) is 0.545. The van der Waals surface area contributed by atoms with E-state index in [1.54, 1.807) is 7.11 Å². The SMILES string of the molecule is COc1ccc(C2CCC(Br)C2)c(F)c1. The number of ether oxygens (including phenoxy) is 1. The van der Waals surface area contributed by atoms with Crippen molar-refractivity contribution in [2.75, 3.05) is 7.11 Å². The largest absolute Gasteiger partial charge is 0.497 e. The Hall–Kier alpha value is -0.570. The number of hydrogen-bond acceptors (Lipinski definition) is 1. The Morgan fingerprint density at radius 3 is 2.73 bits per heavy atom. The maximum Gasteiger partial charge on any atom is 0.130 e. The molecule has 1 aliphatic carbocycles. The highest BCUT2D eigenvalue weighted by molar-refractivity contribution is 9.09. The van der Waals surface area contributed by atoms with Crippen LogP contribution in [0.5, 0.6) is 5.75 Å². The normalized spacial score (nSPS) is 25.5. The molecule has 3 heteroatoms. The van der Waals surface area contributed by atoms with Crippen molar-refractivity contribution < 1.29 is 9.13 Å². The van der Waals surface area contributed by atoms with Gasteiger partial charge in [0, 0.05) is 10.9 Å². The second-order valence-corrected chi connectivity index (χ2v) is 5.29. The summed E-state index contributed by atoms with van der Waals surface area (Å²) in [5, 5.41) is 0. The van der Waals surface area contributed by atoms with Crippen molar-refractivity contribution in [3.8, 4) is 5.75 Å². The highest BCUT2D eigenvalue weighted by Crippen LogP contribution is 2.39. The van der Waals surface area contributed by atoms with Crippen LogP contribution in [-0.2, 0) is 0 Å². The molecule has 2 rings (SSSR count). The number of methoxy groups -OCH3 is 1. The molecule has 2 atom stereocenters. The lowest BCUT2D eigenvalue weighted by Gasteiger charge is -2.11. The van der Waals surface area contributed by atoms with Crippen LogP contribution in [0.25, 0.3) is 0 Å². The zero-order chi connectivity index (χ0) is 10.8. The Morgan fingerprint density at radius 2 is 2.20 bits per heavy atom. The molecule has 0 aliphatic heterocycles. The Bertz CT molecular complexity index is 353. The van der Waals surface area contributed by atoms with Gasteiger partial charge in [-0.05, 0) is 36.8 Å². The molecule has 0 bridgehead atoms. The number of alkyl halides is 1. The molecular formula is C12H14BrFO. The molecule has 1 saturated carbocycles. The molecule has 2 unspecified atom stereocenters. The fourth-order valence-corrected chi connectivity index (χ4v) is 2.89. The third-order valence-electron chi connectivity index (χ3n) is 3.02. The van der Waals surface area contributed by atoms with Gasteiger partial charge >= 0.3 is 0 Å². The quantitative estimate of drug-likeness (QED) is 0.743. The van der Waals surface area contributed by atoms with Gasteiger partial charge < -0.3 is 4.74 Å². The van der Waals surface area contributed by atoms with Crippen LogP contribution in [0.15, 0.2) is 18.2 Å². The maximum atomic E-state index is 13.7. The van der Waals surface area contributed by atoms with Crippen molar-refractivity contribution in [2.24, 2.45) is 0 Å². The van der Waals surface area contributed by atoms with Crippen molar-refractivity contribution in [2.45, 2.75) is 30.0 Å². The molecule has 0 spiro atoms. The minimum absolute atomic E-state index is 0.138. The number of rotatable bonds is 2. The van der Waals surface area contributed by atoms with E-state index in [-0.39, 0.29) is 5.82 Å². The molecule has 0 heterocycles. The summed E-state index contributed by atoms with van der Waals surface area (Å²) in [5.41, 5.74) is 0.831. The van der Waals surface area contributed by atoms with Gasteiger partial charge in [-0.25, -0.2) is 4.39 Å². The number of benzene rings is 1. The molecule has 1 aromatic rings. The van der Waals surface area contributed by atoms with Crippen molar-refractivity contribution >= 4 is 15.9 Å². The van der Waals surface area contributed by atoms with Crippen molar-refractivity contribution in [3.63, 3.8) is 0 Å². The molecule has 1 nitrogen and oxygen atoms in total. The smallest absolute Gasteiger partial charge is 0.130 e. The Kier molecular flexibility index (Phi) is 3.29. The van der Waals surface area contributed by atoms with Crippen molar-refractivity contribution in [1.82, 2.24) is 0 Å². The number of hydrogen-bond donors (Lipinski definition) is 0. The monoisotopic (exact) mass is 272 g/mol. The van der Waals surface area contributed by atoms with Crippen LogP contribution >= 0.6 is 15.9 Å². The Balaban J connectivity index is 2.21. The highest BCUT2D eigenvalue weighted by atomic mass is 79.9. The van der Waals surface area contributed by atoms with Gasteiger partial charge in [-0.1, -0.05) is 22.0 Å². The molecule has 1 fully saturated rings. The van der Waals surface area contributed by atoms with Gasteiger partial charge in [0.2, 0.25) is 0 Å². The summed E-state index contributed by atoms with van der Waals surface area (Å²) >= 11 is 3.58. The first-order chi connectivity index (χ1) is 7.20. The molecule has 82 valence electrons. The summed E-state index contributed by atoms with van der Waals surface area (Å²) in [6.45, 7) is 0. The third kappa shape index (κ3) is 2.33. The Labute approximate surface area is 97.8 Å². The van der Waals surface area contributed by atoms with Gasteiger partial charge in [-0.2, -0.15) is 0 Å². The van der Waals surface area contributed by atoms with Crippen LogP contribution in [0, 0.1) is 5.82 Å². The summed E-state index contributed by atoms with van der Waals surface area (Å²) < 4.78 is 18.7. The Morgan fingerprint density at radius 1 is 1.40 bits per heavy atom. The minimum atomic E-state index is -0.138. The van der Waals surface area contributed by atoms with Crippen LogP contribution in [0.4, 0.5) is 4.39 Å². The first-order valence-electron chi connectivity index (χ1n) is 5.18. The van der Waals surface area contributed by atoms with E-state index in [4.69, 9.17) is 4.74 Å². The van der Waals surface area contributed by atoms with Crippen LogP contribution < -0.4 is 4.74 Å². The van der Waals surface area contributed by atoms with Gasteiger partial charge in [-0.3, -0.25) is 0 Å². The van der Waals surface area contributed by atoms with E-state index in [1.807, 2.05) is 12.1 Å². The fraction of sp³-hybridized carbons (Fsp3) is 0.500. The summed E-state index contributed by atoms with van der Waals surface area (Å²) in [5.74, 6) is 0.811. The molecule has 15 heavy (non-hydrogen) atoms. The average molecular weight is 273 g/mol. The van der Waals surface area contributed by atoms with Crippen molar-refractivity contribution in [1.29, 1.82) is 0 Å². The van der Waals surface area contributed by atoms with E-state index >= 15 is 0 Å². The average Bonchev–Trinajstić information content (AvgIpc) is 2.64. The first-order valence-corrected chi connectivity index (χ1v) is 6.09. The lowest BCUT2D eigenvalue weighted by atomic mass is 9.97. The molecule has 0 aromatic heterocycles. The standard InChI is InChI=1S/C12H14BrFO/c1-15-10-4-5-11(12(14)7-10)8-2-3-9(13)6-8/h4-5,7-9H,2-3,6H2,1H3. The molecule has 0 saturated heterocycles. The van der Waals surface area contributed by atoms with Gasteiger partial charge in [-0.15, -0.1) is 0 Å². The summed E-state index contributed by atoms with van der Waals surface area (Å²) in [7, 11) is 1.55. The fourth-order valence-electron chi connectivity index (χ4n) is 2.17. The van der Waals surface area contributed by atoms with E-state index in [2.05, 4.69) is 15.9 Å². The second-order valence-electron chi connectivity index (χ2n) is 3.99. The zero-order valence-corrected chi connectivity index (χ0v) is 10.3. The third-order valence-corrected chi connectivity index (χ3v) is 3.85. The summed E-state index contributed by atoms with van der Waals surface area (Å²) in [6, 6.07) is 5.15. The van der Waals surface area contributed by atoms with Gasteiger partial charge in [0.05, 0.1) is 7.11 Å². The topological polar surface area (TPSA) is 9.23 Å². The lowest BCUT2D eigenvalue weighted by Crippen LogP contribution is -1.98. The van der Waals surface area contributed by atoms with Gasteiger partial charge in [0.1, 0.15) is 11.6 Å². The maximum absolute atomic E-state index is 13.7. The molecule has 0 N–H and O–H groups in total. The van der Waals surface area contributed by atoms with Gasteiger partial charge in [0.25, 0.3) is 0 Å².